The molecule has 1 aliphatic carbocycles. The molecule has 22 heavy (non-hydrogen) atoms. The molecule has 0 radical (unpaired) electrons. The minimum Gasteiger partial charge on any atom is -0.494 e. The summed E-state index contributed by atoms with van der Waals surface area (Å²) in [6.45, 7) is 3.18. The largest absolute Gasteiger partial charge is 0.494 e. The minimum atomic E-state index is -0.418. The van der Waals surface area contributed by atoms with Crippen LogP contribution < -0.4 is 19.9 Å². The summed E-state index contributed by atoms with van der Waals surface area (Å²) in [5.41, 5.74) is 8.19. The molecule has 0 spiro atoms. The molecule has 0 saturated carbocycles. The third kappa shape index (κ3) is 2.79. The lowest BCUT2D eigenvalue weighted by atomic mass is 9.88. The van der Waals surface area contributed by atoms with Crippen molar-refractivity contribution in [3.63, 3.8) is 0 Å². The molecule has 0 fully saturated rings. The van der Waals surface area contributed by atoms with Gasteiger partial charge < -0.3 is 19.9 Å². The van der Waals surface area contributed by atoms with Crippen LogP contribution >= 0.6 is 0 Å². The van der Waals surface area contributed by atoms with E-state index in [4.69, 9.17) is 19.9 Å². The number of allylic oxidation sites excluding steroid dienone is 4. The highest BCUT2D eigenvalue weighted by Gasteiger charge is 2.28. The Morgan fingerprint density at radius 3 is 2.36 bits per heavy atom. The van der Waals surface area contributed by atoms with Crippen LogP contribution in [0.1, 0.15) is 30.4 Å². The van der Waals surface area contributed by atoms with Crippen molar-refractivity contribution in [1.29, 1.82) is 0 Å². The average molecular weight is 303 g/mol. The summed E-state index contributed by atoms with van der Waals surface area (Å²) in [5, 5.41) is 0. The second kappa shape index (κ2) is 6.56. The minimum absolute atomic E-state index is 0.00255. The highest BCUT2D eigenvalue weighted by molar-refractivity contribution is 5.79. The van der Waals surface area contributed by atoms with Crippen LogP contribution in [0, 0.1) is 6.92 Å². The fraction of sp³-hybridized carbons (Fsp3) is 0.353. The first-order chi connectivity index (χ1) is 10.5. The lowest BCUT2D eigenvalue weighted by molar-refractivity contribution is -0.132. The third-order valence-electron chi connectivity index (χ3n) is 3.67. The van der Waals surface area contributed by atoms with Gasteiger partial charge in [0.15, 0.2) is 11.5 Å². The zero-order valence-electron chi connectivity index (χ0n) is 13.3. The number of rotatable bonds is 4. The van der Waals surface area contributed by atoms with E-state index in [0.29, 0.717) is 28.5 Å². The third-order valence-corrected chi connectivity index (χ3v) is 3.67. The number of benzene rings is 1. The summed E-state index contributed by atoms with van der Waals surface area (Å²) in [5.74, 6) is 0.974. The normalized spacial score (nSPS) is 16.5. The fourth-order valence-electron chi connectivity index (χ4n) is 2.76. The average Bonchev–Trinajstić information content (AvgIpc) is 2.48. The first-order valence-corrected chi connectivity index (χ1v) is 7.06. The molecule has 0 saturated heterocycles. The number of carbonyl (C=O) groups is 1. The Balaban J connectivity index is 2.73. The number of hydrogen-bond donors (Lipinski definition) is 1. The predicted molar refractivity (Wildman–Crippen MR) is 85.6 cm³/mol. The standard InChI is InChI=1S/C17H21NO4/c1-10-15(20-3)14(18)13(12-8-6-5-7-9-12)17(16(10)21-4)22-11(2)19/h5-8,12H,9,18H2,1-4H3. The molecule has 1 aromatic rings. The van der Waals surface area contributed by atoms with Crippen LogP contribution in [-0.2, 0) is 4.79 Å². The maximum absolute atomic E-state index is 11.5. The van der Waals surface area contributed by atoms with Crippen molar-refractivity contribution < 1.29 is 19.0 Å². The van der Waals surface area contributed by atoms with Gasteiger partial charge in [0.25, 0.3) is 0 Å². The van der Waals surface area contributed by atoms with Gasteiger partial charge in [0.2, 0.25) is 0 Å². The number of nitrogen functional groups attached to an aromatic ring is 1. The topological polar surface area (TPSA) is 70.8 Å². The van der Waals surface area contributed by atoms with Gasteiger partial charge in [-0.2, -0.15) is 0 Å². The quantitative estimate of drug-likeness (QED) is 0.526. The summed E-state index contributed by atoms with van der Waals surface area (Å²) >= 11 is 0. The SMILES string of the molecule is COc1c(C)c(OC)c(OC(C)=O)c(C2C=CC=CC2)c1N. The number of methoxy groups -OCH3 is 2. The Bertz CT molecular complexity index is 647. The summed E-state index contributed by atoms with van der Waals surface area (Å²) < 4.78 is 16.3. The van der Waals surface area contributed by atoms with Crippen molar-refractivity contribution in [3.8, 4) is 17.2 Å². The van der Waals surface area contributed by atoms with E-state index in [1.54, 1.807) is 7.11 Å². The van der Waals surface area contributed by atoms with Gasteiger partial charge in [-0.15, -0.1) is 0 Å². The number of ether oxygens (including phenoxy) is 3. The zero-order chi connectivity index (χ0) is 16.3. The number of esters is 1. The maximum atomic E-state index is 11.5. The molecule has 0 heterocycles. The summed E-state index contributed by atoms with van der Waals surface area (Å²) in [6, 6.07) is 0. The van der Waals surface area contributed by atoms with Gasteiger partial charge in [-0.25, -0.2) is 0 Å². The van der Waals surface area contributed by atoms with Crippen LogP contribution in [-0.4, -0.2) is 20.2 Å². The monoisotopic (exact) mass is 303 g/mol. The van der Waals surface area contributed by atoms with E-state index in [2.05, 4.69) is 0 Å². The van der Waals surface area contributed by atoms with E-state index in [9.17, 15) is 4.79 Å². The van der Waals surface area contributed by atoms with Crippen molar-refractivity contribution in [1.82, 2.24) is 0 Å². The van der Waals surface area contributed by atoms with E-state index in [-0.39, 0.29) is 5.92 Å². The molecule has 1 atom stereocenters. The van der Waals surface area contributed by atoms with Gasteiger partial charge in [-0.05, 0) is 13.3 Å². The van der Waals surface area contributed by atoms with Gasteiger partial charge in [0.1, 0.15) is 5.75 Å². The van der Waals surface area contributed by atoms with Gasteiger partial charge >= 0.3 is 5.97 Å². The van der Waals surface area contributed by atoms with Crippen molar-refractivity contribution in [3.05, 3.63) is 35.4 Å². The van der Waals surface area contributed by atoms with Crippen LogP contribution in [0.2, 0.25) is 0 Å². The summed E-state index contributed by atoms with van der Waals surface area (Å²) in [6.07, 6.45) is 8.75. The molecule has 0 aromatic heterocycles. The molecule has 1 aliphatic rings. The first kappa shape index (κ1) is 15.9. The Morgan fingerprint density at radius 2 is 1.86 bits per heavy atom. The molecular weight excluding hydrogens is 282 g/mol. The molecule has 1 unspecified atom stereocenters. The lowest BCUT2D eigenvalue weighted by Gasteiger charge is -2.24. The molecule has 0 amide bonds. The maximum Gasteiger partial charge on any atom is 0.308 e. The van der Waals surface area contributed by atoms with Crippen molar-refractivity contribution in [2.45, 2.75) is 26.2 Å². The van der Waals surface area contributed by atoms with Crippen molar-refractivity contribution in [2.24, 2.45) is 0 Å². The van der Waals surface area contributed by atoms with Crippen LogP contribution in [0.15, 0.2) is 24.3 Å². The Kier molecular flexibility index (Phi) is 4.75. The number of hydrogen-bond acceptors (Lipinski definition) is 5. The van der Waals surface area contributed by atoms with Gasteiger partial charge in [-0.3, -0.25) is 4.79 Å². The van der Waals surface area contributed by atoms with E-state index < -0.39 is 5.97 Å². The summed E-state index contributed by atoms with van der Waals surface area (Å²) in [7, 11) is 3.09. The molecule has 2 rings (SSSR count). The van der Waals surface area contributed by atoms with Gasteiger partial charge in [0, 0.05) is 24.0 Å². The molecule has 118 valence electrons. The number of anilines is 1. The predicted octanol–water partition coefficient (Wildman–Crippen LogP) is 3.12. The van der Waals surface area contributed by atoms with Gasteiger partial charge in [0.05, 0.1) is 19.9 Å². The molecule has 0 aliphatic heterocycles. The molecular formula is C17H21NO4. The molecule has 5 nitrogen and oxygen atoms in total. The molecule has 5 heteroatoms. The van der Waals surface area contributed by atoms with E-state index in [0.717, 1.165) is 12.0 Å². The second-order valence-corrected chi connectivity index (χ2v) is 5.10. The highest BCUT2D eigenvalue weighted by atomic mass is 16.6. The molecule has 1 aromatic carbocycles. The van der Waals surface area contributed by atoms with Crippen LogP contribution in [0.25, 0.3) is 0 Å². The Morgan fingerprint density at radius 1 is 1.18 bits per heavy atom. The van der Waals surface area contributed by atoms with E-state index >= 15 is 0 Å². The Hall–Kier alpha value is -2.43. The lowest BCUT2D eigenvalue weighted by Crippen LogP contribution is -2.12. The molecule has 2 N–H and O–H groups in total. The van der Waals surface area contributed by atoms with E-state index in [1.807, 2.05) is 31.2 Å². The smallest absolute Gasteiger partial charge is 0.308 e. The van der Waals surface area contributed by atoms with Crippen molar-refractivity contribution in [2.75, 3.05) is 20.0 Å². The number of nitrogens with two attached hydrogens (primary N) is 1. The van der Waals surface area contributed by atoms with Crippen molar-refractivity contribution >= 4 is 11.7 Å². The van der Waals surface area contributed by atoms with Crippen LogP contribution in [0.5, 0.6) is 17.2 Å². The molecule has 0 bridgehead atoms. The zero-order valence-corrected chi connectivity index (χ0v) is 13.3. The van der Waals surface area contributed by atoms with E-state index in [1.165, 1.54) is 14.0 Å². The fourth-order valence-corrected chi connectivity index (χ4v) is 2.76. The van der Waals surface area contributed by atoms with Crippen LogP contribution in [0.3, 0.4) is 0 Å². The first-order valence-electron chi connectivity index (χ1n) is 7.06. The van der Waals surface area contributed by atoms with Gasteiger partial charge in [-0.1, -0.05) is 24.3 Å². The van der Waals surface area contributed by atoms with Crippen LogP contribution in [0.4, 0.5) is 5.69 Å². The Labute approximate surface area is 130 Å². The second-order valence-electron chi connectivity index (χ2n) is 5.10. The number of carbonyl (C=O) groups excluding carboxylic acids is 1. The highest BCUT2D eigenvalue weighted by Crippen LogP contribution is 2.49. The summed E-state index contributed by atoms with van der Waals surface area (Å²) in [4.78, 5) is 11.5.